The quantitative estimate of drug-likeness (QED) is 0.237. The van der Waals surface area contributed by atoms with Gasteiger partial charge in [0.15, 0.2) is 6.10 Å². The first kappa shape index (κ1) is 15.2. The predicted octanol–water partition coefficient (Wildman–Crippen LogP) is -4.47. The van der Waals surface area contributed by atoms with E-state index in [4.69, 9.17) is 15.3 Å². The summed E-state index contributed by atoms with van der Waals surface area (Å²) in [6, 6.07) is 0. The van der Waals surface area contributed by atoms with Crippen molar-refractivity contribution in [1.82, 2.24) is 5.32 Å². The molecule has 7 N–H and O–H groups in total. The van der Waals surface area contributed by atoms with Gasteiger partial charge in [0.1, 0.15) is 18.3 Å². The largest absolute Gasteiger partial charge is 0.395 e. The molecule has 0 aliphatic rings. The standard InChI is InChI=1S/C8H17NO7/c10-2-1-9-8(16)7(15)6(14)5(13)4(12)3-11/h4-7,10-15H,1-3H2,(H,9,16)/t4-,5-,6+,7+/m1/s1. The summed E-state index contributed by atoms with van der Waals surface area (Å²) in [7, 11) is 0. The summed E-state index contributed by atoms with van der Waals surface area (Å²) in [5.41, 5.74) is 0. The van der Waals surface area contributed by atoms with Gasteiger partial charge in [0.25, 0.3) is 5.91 Å². The van der Waals surface area contributed by atoms with E-state index in [1.165, 1.54) is 0 Å². The monoisotopic (exact) mass is 239 g/mol. The van der Waals surface area contributed by atoms with Gasteiger partial charge >= 0.3 is 0 Å². The van der Waals surface area contributed by atoms with Crippen molar-refractivity contribution in [1.29, 1.82) is 0 Å². The van der Waals surface area contributed by atoms with Crippen LogP contribution in [0.25, 0.3) is 0 Å². The molecule has 0 aromatic rings. The van der Waals surface area contributed by atoms with E-state index in [0.29, 0.717) is 0 Å². The van der Waals surface area contributed by atoms with Crippen LogP contribution < -0.4 is 5.32 Å². The third-order valence-corrected chi connectivity index (χ3v) is 1.93. The number of hydrogen-bond acceptors (Lipinski definition) is 7. The molecule has 16 heavy (non-hydrogen) atoms. The topological polar surface area (TPSA) is 150 Å². The van der Waals surface area contributed by atoms with Crippen LogP contribution in [0.3, 0.4) is 0 Å². The first-order valence-electron chi connectivity index (χ1n) is 4.67. The Morgan fingerprint density at radius 2 is 1.62 bits per heavy atom. The fraction of sp³-hybridized carbons (Fsp3) is 0.875. The molecule has 8 nitrogen and oxygen atoms in total. The molecule has 0 rings (SSSR count). The van der Waals surface area contributed by atoms with Crippen molar-refractivity contribution in [3.8, 4) is 0 Å². The maximum atomic E-state index is 11.1. The second-order valence-corrected chi connectivity index (χ2v) is 3.19. The number of hydrogen-bond donors (Lipinski definition) is 7. The summed E-state index contributed by atoms with van der Waals surface area (Å²) in [4.78, 5) is 11.1. The lowest BCUT2D eigenvalue weighted by atomic mass is 10.0. The molecule has 0 saturated heterocycles. The molecule has 0 spiro atoms. The van der Waals surface area contributed by atoms with Crippen LogP contribution in [-0.2, 0) is 4.79 Å². The molecule has 0 saturated carbocycles. The summed E-state index contributed by atoms with van der Waals surface area (Å²) in [6.45, 7) is -1.26. The van der Waals surface area contributed by atoms with E-state index in [2.05, 4.69) is 5.32 Å². The molecule has 1 amide bonds. The first-order valence-corrected chi connectivity index (χ1v) is 4.67. The minimum atomic E-state index is -1.96. The molecule has 0 radical (unpaired) electrons. The van der Waals surface area contributed by atoms with E-state index in [1.54, 1.807) is 0 Å². The fourth-order valence-electron chi connectivity index (χ4n) is 0.961. The van der Waals surface area contributed by atoms with Crippen molar-refractivity contribution >= 4 is 5.91 Å². The van der Waals surface area contributed by atoms with Gasteiger partial charge in [0, 0.05) is 6.54 Å². The lowest BCUT2D eigenvalue weighted by Crippen LogP contribution is -2.51. The highest BCUT2D eigenvalue weighted by molar-refractivity contribution is 5.81. The summed E-state index contributed by atoms with van der Waals surface area (Å²) in [5, 5.41) is 55.6. The van der Waals surface area contributed by atoms with E-state index >= 15 is 0 Å². The highest BCUT2D eigenvalue weighted by Crippen LogP contribution is 2.05. The molecule has 8 heteroatoms. The van der Waals surface area contributed by atoms with E-state index in [1.807, 2.05) is 0 Å². The van der Waals surface area contributed by atoms with Gasteiger partial charge in [-0.05, 0) is 0 Å². The second kappa shape index (κ2) is 7.49. The number of amides is 1. The number of carbonyl (C=O) groups is 1. The maximum absolute atomic E-state index is 11.1. The molecular formula is C8H17NO7. The molecular weight excluding hydrogens is 222 g/mol. The lowest BCUT2D eigenvalue weighted by Gasteiger charge is -2.24. The van der Waals surface area contributed by atoms with Crippen LogP contribution in [0, 0.1) is 0 Å². The third-order valence-electron chi connectivity index (χ3n) is 1.93. The van der Waals surface area contributed by atoms with Gasteiger partial charge in [0.2, 0.25) is 0 Å². The first-order chi connectivity index (χ1) is 7.45. The molecule has 0 unspecified atom stereocenters. The minimum Gasteiger partial charge on any atom is -0.395 e. The maximum Gasteiger partial charge on any atom is 0.251 e. The normalized spacial score (nSPS) is 18.6. The van der Waals surface area contributed by atoms with E-state index in [9.17, 15) is 20.1 Å². The highest BCUT2D eigenvalue weighted by Gasteiger charge is 2.33. The third kappa shape index (κ3) is 4.39. The van der Waals surface area contributed by atoms with Crippen LogP contribution in [0.4, 0.5) is 0 Å². The Balaban J connectivity index is 4.25. The molecule has 0 fully saturated rings. The fourth-order valence-corrected chi connectivity index (χ4v) is 0.961. The average Bonchev–Trinajstić information content (AvgIpc) is 2.31. The van der Waals surface area contributed by atoms with Crippen molar-refractivity contribution < 1.29 is 35.4 Å². The van der Waals surface area contributed by atoms with Gasteiger partial charge < -0.3 is 36.0 Å². The van der Waals surface area contributed by atoms with E-state index < -0.39 is 36.9 Å². The molecule has 0 aliphatic carbocycles. The van der Waals surface area contributed by atoms with Crippen LogP contribution in [0.15, 0.2) is 0 Å². The van der Waals surface area contributed by atoms with Crippen molar-refractivity contribution in [2.45, 2.75) is 24.4 Å². The minimum absolute atomic E-state index is 0.110. The Kier molecular flexibility index (Phi) is 7.13. The second-order valence-electron chi connectivity index (χ2n) is 3.19. The van der Waals surface area contributed by atoms with Crippen molar-refractivity contribution in [3.63, 3.8) is 0 Å². The molecule has 96 valence electrons. The summed E-state index contributed by atoms with van der Waals surface area (Å²) in [5.74, 6) is -0.995. The molecule has 0 heterocycles. The van der Waals surface area contributed by atoms with Crippen LogP contribution in [-0.4, -0.2) is 80.7 Å². The van der Waals surface area contributed by atoms with E-state index in [-0.39, 0.29) is 13.2 Å². The van der Waals surface area contributed by atoms with Crippen LogP contribution >= 0.6 is 0 Å². The van der Waals surface area contributed by atoms with Gasteiger partial charge in [-0.3, -0.25) is 4.79 Å². The molecule has 0 aromatic carbocycles. The highest BCUT2D eigenvalue weighted by atomic mass is 16.4. The Morgan fingerprint density at radius 3 is 2.06 bits per heavy atom. The van der Waals surface area contributed by atoms with Gasteiger partial charge in [-0.25, -0.2) is 0 Å². The van der Waals surface area contributed by atoms with Gasteiger partial charge in [-0.2, -0.15) is 0 Å². The lowest BCUT2D eigenvalue weighted by molar-refractivity contribution is -0.149. The van der Waals surface area contributed by atoms with Crippen LogP contribution in [0.5, 0.6) is 0 Å². The van der Waals surface area contributed by atoms with Crippen molar-refractivity contribution in [3.05, 3.63) is 0 Å². The Hall–Kier alpha value is -0.770. The smallest absolute Gasteiger partial charge is 0.251 e. The Labute approximate surface area is 91.8 Å². The molecule has 4 atom stereocenters. The number of aliphatic hydroxyl groups is 6. The van der Waals surface area contributed by atoms with E-state index in [0.717, 1.165) is 0 Å². The SMILES string of the molecule is O=C(NCCO)[C@@H](O)[C@@H](O)[C@H](O)[C@H](O)CO. The molecule has 0 aromatic heterocycles. The Bertz CT molecular complexity index is 213. The number of rotatable bonds is 7. The number of aliphatic hydroxyl groups excluding tert-OH is 6. The zero-order valence-corrected chi connectivity index (χ0v) is 8.52. The summed E-state index contributed by atoms with van der Waals surface area (Å²) >= 11 is 0. The van der Waals surface area contributed by atoms with Crippen LogP contribution in [0.1, 0.15) is 0 Å². The zero-order chi connectivity index (χ0) is 12.7. The van der Waals surface area contributed by atoms with Crippen molar-refractivity contribution in [2.75, 3.05) is 19.8 Å². The summed E-state index contributed by atoms with van der Waals surface area (Å²) in [6.07, 6.45) is -7.39. The average molecular weight is 239 g/mol. The number of nitrogens with one attached hydrogen (secondary N) is 1. The van der Waals surface area contributed by atoms with Gasteiger partial charge in [0.05, 0.1) is 13.2 Å². The van der Waals surface area contributed by atoms with Crippen molar-refractivity contribution in [2.24, 2.45) is 0 Å². The zero-order valence-electron chi connectivity index (χ0n) is 8.52. The predicted molar refractivity (Wildman–Crippen MR) is 51.2 cm³/mol. The summed E-state index contributed by atoms with van der Waals surface area (Å²) < 4.78 is 0. The molecule has 0 aliphatic heterocycles. The van der Waals surface area contributed by atoms with Gasteiger partial charge in [-0.15, -0.1) is 0 Å². The number of carbonyl (C=O) groups excluding carboxylic acids is 1. The molecule has 0 bridgehead atoms. The Morgan fingerprint density at radius 1 is 1.06 bits per heavy atom. The van der Waals surface area contributed by atoms with Gasteiger partial charge in [-0.1, -0.05) is 0 Å². The van der Waals surface area contributed by atoms with Crippen LogP contribution in [0.2, 0.25) is 0 Å².